The second-order valence-electron chi connectivity index (χ2n) is 3.07. The summed E-state index contributed by atoms with van der Waals surface area (Å²) in [6.07, 6.45) is 4.55. The van der Waals surface area contributed by atoms with Crippen LogP contribution in [0.2, 0.25) is 0 Å². The van der Waals surface area contributed by atoms with E-state index in [2.05, 4.69) is 9.84 Å². The van der Waals surface area contributed by atoms with Crippen molar-refractivity contribution in [3.8, 4) is 0 Å². The average Bonchev–Trinajstić information content (AvgIpc) is 2.34. The van der Waals surface area contributed by atoms with Crippen LogP contribution in [0.25, 0.3) is 0 Å². The molecule has 0 atom stereocenters. The van der Waals surface area contributed by atoms with E-state index < -0.39 is 5.97 Å². The monoisotopic (exact) mass is 218 g/mol. The molecule has 16 heavy (non-hydrogen) atoms. The predicted molar refractivity (Wildman–Crippen MR) is 63.0 cm³/mol. The molecule has 0 heterocycles. The lowest BCUT2D eigenvalue weighted by Crippen LogP contribution is -2.04. The molecule has 0 unspecified atom stereocenters. The van der Waals surface area contributed by atoms with E-state index in [9.17, 15) is 4.79 Å². The van der Waals surface area contributed by atoms with Gasteiger partial charge in [0.15, 0.2) is 0 Å². The number of benzene rings is 1. The zero-order valence-corrected chi connectivity index (χ0v) is 9.33. The fourth-order valence-corrected chi connectivity index (χ4v) is 0.972. The van der Waals surface area contributed by atoms with E-state index >= 15 is 0 Å². The molecule has 1 rings (SSSR count). The highest BCUT2D eigenvalue weighted by Crippen LogP contribution is 1.95. The first kappa shape index (κ1) is 12.0. The Bertz CT molecular complexity index is 385. The first-order valence-corrected chi connectivity index (χ1v) is 4.80. The summed E-state index contributed by atoms with van der Waals surface area (Å²) in [5, 5.41) is 5.65. The van der Waals surface area contributed by atoms with Crippen molar-refractivity contribution in [3.63, 3.8) is 0 Å². The normalized spacial score (nSPS) is 10.9. The number of methoxy groups -OCH3 is 1. The number of hydrogen-bond donors (Lipinski definition) is 0. The molecule has 0 amide bonds. The van der Waals surface area contributed by atoms with E-state index in [1.165, 1.54) is 24.4 Å². The van der Waals surface area contributed by atoms with Gasteiger partial charge in [-0.05, 0) is 5.56 Å². The summed E-state index contributed by atoms with van der Waals surface area (Å²) in [6.45, 7) is 0. The molecule has 0 spiro atoms. The molecule has 4 heteroatoms. The van der Waals surface area contributed by atoms with Crippen molar-refractivity contribution in [2.45, 2.75) is 0 Å². The third-order valence-corrected chi connectivity index (χ3v) is 1.82. The number of rotatable bonds is 4. The van der Waals surface area contributed by atoms with Gasteiger partial charge in [0.25, 0.3) is 0 Å². The molecule has 1 aromatic carbocycles. The second kappa shape index (κ2) is 6.40. The summed E-state index contributed by atoms with van der Waals surface area (Å²) >= 11 is 0. The highest BCUT2D eigenvalue weighted by atomic mass is 16.5. The Labute approximate surface area is 94.8 Å². The van der Waals surface area contributed by atoms with Crippen molar-refractivity contribution in [1.82, 2.24) is 5.01 Å². The number of hydrazone groups is 1. The van der Waals surface area contributed by atoms with Crippen molar-refractivity contribution in [2.75, 3.05) is 14.2 Å². The first-order chi connectivity index (χ1) is 7.72. The Morgan fingerprint density at radius 1 is 1.38 bits per heavy atom. The van der Waals surface area contributed by atoms with Gasteiger partial charge in [0.1, 0.15) is 0 Å². The predicted octanol–water partition coefficient (Wildman–Crippen LogP) is 1.64. The molecule has 0 saturated carbocycles. The zero-order chi connectivity index (χ0) is 11.8. The fourth-order valence-electron chi connectivity index (χ4n) is 0.972. The Kier molecular flexibility index (Phi) is 4.79. The molecule has 84 valence electrons. The Balaban J connectivity index is 2.51. The van der Waals surface area contributed by atoms with Gasteiger partial charge in [-0.15, -0.1) is 0 Å². The summed E-state index contributed by atoms with van der Waals surface area (Å²) in [4.78, 5) is 10.8. The summed E-state index contributed by atoms with van der Waals surface area (Å²) in [5.74, 6) is -0.401. The van der Waals surface area contributed by atoms with Gasteiger partial charge in [0.2, 0.25) is 0 Å². The standard InChI is InChI=1S/C12H14N2O2/c1-14(9-8-12(15)16-2)13-10-11-6-4-3-5-7-11/h3-10H,1-2H3/b9-8+,13-10+. The largest absolute Gasteiger partial charge is 0.466 e. The maximum absolute atomic E-state index is 10.8. The lowest BCUT2D eigenvalue weighted by Gasteiger charge is -2.04. The Morgan fingerprint density at radius 2 is 2.06 bits per heavy atom. The molecule has 0 radical (unpaired) electrons. The molecule has 0 aromatic heterocycles. The van der Waals surface area contributed by atoms with Crippen LogP contribution in [0.5, 0.6) is 0 Å². The Hall–Kier alpha value is -2.10. The van der Waals surface area contributed by atoms with Crippen LogP contribution in [-0.4, -0.2) is 31.4 Å². The molecular formula is C12H14N2O2. The van der Waals surface area contributed by atoms with Crippen molar-refractivity contribution in [2.24, 2.45) is 5.10 Å². The van der Waals surface area contributed by atoms with Crippen molar-refractivity contribution < 1.29 is 9.53 Å². The van der Waals surface area contributed by atoms with Crippen LogP contribution in [0.15, 0.2) is 47.7 Å². The van der Waals surface area contributed by atoms with Gasteiger partial charge >= 0.3 is 5.97 Å². The molecule has 0 saturated heterocycles. The molecular weight excluding hydrogens is 204 g/mol. The second-order valence-corrected chi connectivity index (χ2v) is 3.07. The lowest BCUT2D eigenvalue weighted by atomic mass is 10.2. The van der Waals surface area contributed by atoms with Gasteiger partial charge in [-0.2, -0.15) is 5.10 Å². The molecule has 0 N–H and O–H groups in total. The number of carbonyl (C=O) groups is 1. The van der Waals surface area contributed by atoms with Gasteiger partial charge < -0.3 is 4.74 Å². The van der Waals surface area contributed by atoms with E-state index in [1.54, 1.807) is 13.3 Å². The van der Waals surface area contributed by atoms with Gasteiger partial charge in [-0.3, -0.25) is 5.01 Å². The topological polar surface area (TPSA) is 41.9 Å². The Morgan fingerprint density at radius 3 is 2.69 bits per heavy atom. The van der Waals surface area contributed by atoms with Crippen LogP contribution in [0.4, 0.5) is 0 Å². The van der Waals surface area contributed by atoms with Gasteiger partial charge in [-0.1, -0.05) is 30.3 Å². The van der Waals surface area contributed by atoms with Crippen LogP contribution in [0.3, 0.4) is 0 Å². The summed E-state index contributed by atoms with van der Waals surface area (Å²) < 4.78 is 4.46. The number of carbonyl (C=O) groups excluding carboxylic acids is 1. The van der Waals surface area contributed by atoms with Crippen LogP contribution < -0.4 is 0 Å². The SMILES string of the molecule is COC(=O)/C=C/N(C)/N=C/c1ccccc1. The van der Waals surface area contributed by atoms with E-state index in [1.807, 2.05) is 30.3 Å². The zero-order valence-electron chi connectivity index (χ0n) is 9.33. The third-order valence-electron chi connectivity index (χ3n) is 1.82. The minimum absolute atomic E-state index is 0.401. The quantitative estimate of drug-likeness (QED) is 0.334. The highest BCUT2D eigenvalue weighted by Gasteiger charge is 1.91. The van der Waals surface area contributed by atoms with Crippen LogP contribution in [0, 0.1) is 0 Å². The van der Waals surface area contributed by atoms with Gasteiger partial charge in [-0.25, -0.2) is 4.79 Å². The highest BCUT2D eigenvalue weighted by molar-refractivity contribution is 5.81. The van der Waals surface area contributed by atoms with E-state index in [0.717, 1.165) is 5.56 Å². The fraction of sp³-hybridized carbons (Fsp3) is 0.167. The van der Waals surface area contributed by atoms with Crippen molar-refractivity contribution in [3.05, 3.63) is 48.2 Å². The minimum atomic E-state index is -0.401. The number of esters is 1. The minimum Gasteiger partial charge on any atom is -0.466 e. The van der Waals surface area contributed by atoms with Gasteiger partial charge in [0.05, 0.1) is 13.3 Å². The molecule has 0 fully saturated rings. The first-order valence-electron chi connectivity index (χ1n) is 4.80. The molecule has 1 aromatic rings. The number of ether oxygens (including phenoxy) is 1. The number of hydrogen-bond acceptors (Lipinski definition) is 4. The van der Waals surface area contributed by atoms with Crippen LogP contribution in [-0.2, 0) is 9.53 Å². The van der Waals surface area contributed by atoms with Crippen molar-refractivity contribution in [1.29, 1.82) is 0 Å². The maximum Gasteiger partial charge on any atom is 0.332 e. The summed E-state index contributed by atoms with van der Waals surface area (Å²) in [7, 11) is 3.07. The van der Waals surface area contributed by atoms with Crippen molar-refractivity contribution >= 4 is 12.2 Å². The number of nitrogens with zero attached hydrogens (tertiary/aromatic N) is 2. The van der Waals surface area contributed by atoms with Gasteiger partial charge in [0, 0.05) is 19.3 Å². The maximum atomic E-state index is 10.8. The van der Waals surface area contributed by atoms with Crippen LogP contribution in [0.1, 0.15) is 5.56 Å². The van der Waals surface area contributed by atoms with Crippen LogP contribution >= 0.6 is 0 Å². The molecule has 0 aliphatic heterocycles. The van der Waals surface area contributed by atoms with E-state index in [-0.39, 0.29) is 0 Å². The van der Waals surface area contributed by atoms with E-state index in [0.29, 0.717) is 0 Å². The van der Waals surface area contributed by atoms with E-state index in [4.69, 9.17) is 0 Å². The average molecular weight is 218 g/mol. The molecule has 4 nitrogen and oxygen atoms in total. The molecule has 0 aliphatic rings. The molecule has 0 aliphatic carbocycles. The summed E-state index contributed by atoms with van der Waals surface area (Å²) in [6, 6.07) is 9.71. The molecule has 0 bridgehead atoms. The lowest BCUT2D eigenvalue weighted by molar-refractivity contribution is -0.134. The smallest absolute Gasteiger partial charge is 0.332 e. The third kappa shape index (κ3) is 4.41. The summed E-state index contributed by atoms with van der Waals surface area (Å²) in [5.41, 5.74) is 1.00.